The van der Waals surface area contributed by atoms with Crippen molar-refractivity contribution in [3.8, 4) is 0 Å². The second-order valence-corrected chi connectivity index (χ2v) is 7.20. The van der Waals surface area contributed by atoms with Crippen LogP contribution in [0.5, 0.6) is 0 Å². The van der Waals surface area contributed by atoms with E-state index in [0.717, 1.165) is 23.5 Å². The smallest absolute Gasteiger partial charge is 0.227 e. The maximum Gasteiger partial charge on any atom is 0.227 e. The second-order valence-electron chi connectivity index (χ2n) is 6.18. The molecule has 1 aliphatic rings. The highest BCUT2D eigenvalue weighted by Gasteiger charge is 2.22. The third-order valence-electron chi connectivity index (χ3n) is 4.26. The molecule has 4 heteroatoms. The van der Waals surface area contributed by atoms with Crippen molar-refractivity contribution < 1.29 is 9.59 Å². The Labute approximate surface area is 147 Å². The van der Waals surface area contributed by atoms with Crippen molar-refractivity contribution in [2.45, 2.75) is 31.6 Å². The highest BCUT2D eigenvalue weighted by molar-refractivity contribution is 8.00. The van der Waals surface area contributed by atoms with Gasteiger partial charge in [-0.25, -0.2) is 0 Å². The maximum atomic E-state index is 12.5. The molecule has 0 atom stereocenters. The van der Waals surface area contributed by atoms with Crippen LogP contribution in [0.15, 0.2) is 47.4 Å². The van der Waals surface area contributed by atoms with Gasteiger partial charge in [0.2, 0.25) is 5.91 Å². The zero-order valence-electron chi connectivity index (χ0n) is 14.0. The van der Waals surface area contributed by atoms with Crippen molar-refractivity contribution in [1.29, 1.82) is 0 Å². The van der Waals surface area contributed by atoms with Crippen LogP contribution in [0.3, 0.4) is 0 Å². The van der Waals surface area contributed by atoms with Gasteiger partial charge in [0.05, 0.1) is 5.75 Å². The number of benzene rings is 2. The zero-order valence-corrected chi connectivity index (χ0v) is 14.9. The lowest BCUT2D eigenvalue weighted by Gasteiger charge is -2.16. The standard InChI is InChI=1S/C20H21NO2S/c1-14-8-9-15(2)19(11-14)24-13-18(22)16-5-3-6-17(12-16)21-10-4-7-20(21)23/h3,5-6,8-9,11-12H,4,7,10,13H2,1-2H3. The highest BCUT2D eigenvalue weighted by atomic mass is 32.2. The summed E-state index contributed by atoms with van der Waals surface area (Å²) < 4.78 is 0. The molecule has 0 spiro atoms. The molecule has 0 bridgehead atoms. The summed E-state index contributed by atoms with van der Waals surface area (Å²) in [7, 11) is 0. The topological polar surface area (TPSA) is 37.4 Å². The van der Waals surface area contributed by atoms with Gasteiger partial charge in [-0.3, -0.25) is 9.59 Å². The van der Waals surface area contributed by atoms with Crippen molar-refractivity contribution >= 4 is 29.1 Å². The molecule has 124 valence electrons. The van der Waals surface area contributed by atoms with E-state index < -0.39 is 0 Å². The molecule has 0 N–H and O–H groups in total. The van der Waals surface area contributed by atoms with Gasteiger partial charge in [-0.1, -0.05) is 29.8 Å². The Morgan fingerprint density at radius 2 is 2.00 bits per heavy atom. The SMILES string of the molecule is Cc1ccc(C)c(SCC(=O)c2cccc(N3CCCC3=O)c2)c1. The van der Waals surface area contributed by atoms with Gasteiger partial charge in [0.1, 0.15) is 0 Å². The minimum Gasteiger partial charge on any atom is -0.312 e. The van der Waals surface area contributed by atoms with E-state index in [1.54, 1.807) is 16.7 Å². The monoisotopic (exact) mass is 339 g/mol. The first-order valence-corrected chi connectivity index (χ1v) is 9.17. The van der Waals surface area contributed by atoms with Crippen LogP contribution in [0.2, 0.25) is 0 Å². The van der Waals surface area contributed by atoms with Crippen LogP contribution in [0.25, 0.3) is 0 Å². The van der Waals surface area contributed by atoms with Crippen molar-refractivity contribution in [2.24, 2.45) is 0 Å². The second kappa shape index (κ2) is 7.22. The van der Waals surface area contributed by atoms with Gasteiger partial charge >= 0.3 is 0 Å². The van der Waals surface area contributed by atoms with Crippen molar-refractivity contribution in [1.82, 2.24) is 0 Å². The fourth-order valence-electron chi connectivity index (χ4n) is 2.86. The van der Waals surface area contributed by atoms with Crippen LogP contribution in [0.1, 0.15) is 34.3 Å². The van der Waals surface area contributed by atoms with E-state index in [0.29, 0.717) is 17.7 Å². The molecule has 0 saturated carbocycles. The van der Waals surface area contributed by atoms with E-state index in [-0.39, 0.29) is 11.7 Å². The summed E-state index contributed by atoms with van der Waals surface area (Å²) in [4.78, 5) is 27.3. The van der Waals surface area contributed by atoms with Gasteiger partial charge in [-0.05, 0) is 44.0 Å². The van der Waals surface area contributed by atoms with E-state index in [1.807, 2.05) is 24.3 Å². The van der Waals surface area contributed by atoms with E-state index in [2.05, 4.69) is 32.0 Å². The van der Waals surface area contributed by atoms with Crippen LogP contribution in [-0.4, -0.2) is 24.0 Å². The van der Waals surface area contributed by atoms with Crippen LogP contribution in [-0.2, 0) is 4.79 Å². The normalized spacial score (nSPS) is 14.2. The summed E-state index contributed by atoms with van der Waals surface area (Å²) >= 11 is 1.57. The van der Waals surface area contributed by atoms with Crippen molar-refractivity contribution in [3.63, 3.8) is 0 Å². The Morgan fingerprint density at radius 1 is 1.17 bits per heavy atom. The third kappa shape index (κ3) is 3.70. The molecule has 1 aliphatic heterocycles. The number of aryl methyl sites for hydroxylation is 2. The first-order chi connectivity index (χ1) is 11.5. The predicted octanol–water partition coefficient (Wildman–Crippen LogP) is 4.41. The predicted molar refractivity (Wildman–Crippen MR) is 99.0 cm³/mol. The van der Waals surface area contributed by atoms with Crippen LogP contribution < -0.4 is 4.90 Å². The molecule has 0 aliphatic carbocycles. The van der Waals surface area contributed by atoms with Crippen molar-refractivity contribution in [3.05, 3.63) is 59.2 Å². The Hall–Kier alpha value is -2.07. The first-order valence-electron chi connectivity index (χ1n) is 8.18. The quantitative estimate of drug-likeness (QED) is 0.598. The number of amides is 1. The molecule has 1 saturated heterocycles. The number of hydrogen-bond acceptors (Lipinski definition) is 3. The fourth-order valence-corrected chi connectivity index (χ4v) is 3.88. The lowest BCUT2D eigenvalue weighted by molar-refractivity contribution is -0.117. The van der Waals surface area contributed by atoms with Gasteiger partial charge in [-0.15, -0.1) is 11.8 Å². The average Bonchev–Trinajstić information content (AvgIpc) is 3.01. The third-order valence-corrected chi connectivity index (χ3v) is 5.41. The summed E-state index contributed by atoms with van der Waals surface area (Å²) in [5.74, 6) is 0.639. The van der Waals surface area contributed by atoms with Crippen LogP contribution in [0, 0.1) is 13.8 Å². The Balaban J connectivity index is 1.71. The molecule has 1 fully saturated rings. The summed E-state index contributed by atoms with van der Waals surface area (Å²) in [6, 6.07) is 13.7. The molecule has 0 radical (unpaired) electrons. The maximum absolute atomic E-state index is 12.5. The number of nitrogens with zero attached hydrogens (tertiary/aromatic N) is 1. The fraction of sp³-hybridized carbons (Fsp3) is 0.300. The van der Waals surface area contributed by atoms with Gasteiger partial charge in [0.25, 0.3) is 0 Å². The van der Waals surface area contributed by atoms with E-state index >= 15 is 0 Å². The number of thioether (sulfide) groups is 1. The largest absolute Gasteiger partial charge is 0.312 e. The Morgan fingerprint density at radius 3 is 2.75 bits per heavy atom. The number of anilines is 1. The molecule has 1 amide bonds. The minimum absolute atomic E-state index is 0.0920. The minimum atomic E-state index is 0.0920. The Kier molecular flexibility index (Phi) is 5.05. The molecule has 3 rings (SSSR count). The number of rotatable bonds is 5. The van der Waals surface area contributed by atoms with Crippen molar-refractivity contribution in [2.75, 3.05) is 17.2 Å². The molecule has 2 aromatic rings. The van der Waals surface area contributed by atoms with E-state index in [1.165, 1.54) is 11.1 Å². The summed E-state index contributed by atoms with van der Waals surface area (Å²) in [5.41, 5.74) is 3.89. The zero-order chi connectivity index (χ0) is 17.1. The number of hydrogen-bond donors (Lipinski definition) is 0. The molecular formula is C20H21NO2S. The first kappa shape index (κ1) is 16.8. The van der Waals surface area contributed by atoms with E-state index in [9.17, 15) is 9.59 Å². The summed E-state index contributed by atoms with van der Waals surface area (Å²) in [6.45, 7) is 4.86. The molecule has 0 aromatic heterocycles. The summed E-state index contributed by atoms with van der Waals surface area (Å²) in [5, 5.41) is 0. The van der Waals surface area contributed by atoms with Gasteiger partial charge in [0, 0.05) is 29.1 Å². The number of carbonyl (C=O) groups excluding carboxylic acids is 2. The molecule has 2 aromatic carbocycles. The molecule has 24 heavy (non-hydrogen) atoms. The lowest BCUT2D eigenvalue weighted by Crippen LogP contribution is -2.23. The molecule has 0 unspecified atom stereocenters. The number of ketones is 1. The van der Waals surface area contributed by atoms with E-state index in [4.69, 9.17) is 0 Å². The molecule has 3 nitrogen and oxygen atoms in total. The molecule has 1 heterocycles. The molecular weight excluding hydrogens is 318 g/mol. The van der Waals surface area contributed by atoms with Gasteiger partial charge < -0.3 is 4.90 Å². The average molecular weight is 339 g/mol. The van der Waals surface area contributed by atoms with Crippen LogP contribution in [0.4, 0.5) is 5.69 Å². The number of carbonyl (C=O) groups is 2. The van der Waals surface area contributed by atoms with Gasteiger partial charge in [0.15, 0.2) is 5.78 Å². The lowest BCUT2D eigenvalue weighted by atomic mass is 10.1. The van der Waals surface area contributed by atoms with Gasteiger partial charge in [-0.2, -0.15) is 0 Å². The number of Topliss-reactive ketones (excluding diaryl/α,β-unsaturated/α-hetero) is 1. The summed E-state index contributed by atoms with van der Waals surface area (Å²) in [6.07, 6.45) is 1.49. The Bertz CT molecular complexity index is 785. The highest BCUT2D eigenvalue weighted by Crippen LogP contribution is 2.26. The van der Waals surface area contributed by atoms with Crippen LogP contribution >= 0.6 is 11.8 Å².